The van der Waals surface area contributed by atoms with Crippen LogP contribution < -0.4 is 16.4 Å². The quantitative estimate of drug-likeness (QED) is 0.441. The number of alkyl halides is 1. The van der Waals surface area contributed by atoms with Crippen LogP contribution >= 0.6 is 0 Å². The summed E-state index contributed by atoms with van der Waals surface area (Å²) >= 11 is 0. The van der Waals surface area contributed by atoms with Crippen LogP contribution in [0.25, 0.3) is 5.57 Å². The monoisotopic (exact) mass is 534 g/mol. The largest absolute Gasteiger partial charge is 0.338 e. The SMILES string of the molecule is CN1CCC(C(=O)N2CC=C(c3c(F)cncc3NC(=O)C(C(N)N=O)C3NCC(F)CN3C)CC2)CC1. The topological polar surface area (TPSA) is 136 Å². The molecule has 208 valence electrons. The van der Waals surface area contributed by atoms with Crippen LogP contribution in [0.3, 0.4) is 0 Å². The maximum Gasteiger partial charge on any atom is 0.234 e. The van der Waals surface area contributed by atoms with E-state index in [0.717, 1.165) is 32.1 Å². The number of anilines is 1. The van der Waals surface area contributed by atoms with E-state index in [1.54, 1.807) is 22.9 Å². The van der Waals surface area contributed by atoms with Crippen molar-refractivity contribution in [3.8, 4) is 0 Å². The zero-order valence-corrected chi connectivity index (χ0v) is 21.8. The first-order valence-corrected chi connectivity index (χ1v) is 13.0. The van der Waals surface area contributed by atoms with E-state index in [4.69, 9.17) is 5.73 Å². The van der Waals surface area contributed by atoms with Crippen molar-refractivity contribution in [3.63, 3.8) is 0 Å². The Morgan fingerprint density at radius 1 is 1.24 bits per heavy atom. The van der Waals surface area contributed by atoms with Crippen molar-refractivity contribution in [2.45, 2.75) is 37.8 Å². The Bertz CT molecular complexity index is 1070. The smallest absolute Gasteiger partial charge is 0.234 e. The van der Waals surface area contributed by atoms with Gasteiger partial charge >= 0.3 is 0 Å². The molecule has 38 heavy (non-hydrogen) atoms. The summed E-state index contributed by atoms with van der Waals surface area (Å²) in [6.45, 7) is 2.62. The molecule has 11 nitrogen and oxygen atoms in total. The zero-order chi connectivity index (χ0) is 27.4. The maximum absolute atomic E-state index is 15.1. The Morgan fingerprint density at radius 3 is 2.61 bits per heavy atom. The number of amides is 2. The predicted molar refractivity (Wildman–Crippen MR) is 139 cm³/mol. The summed E-state index contributed by atoms with van der Waals surface area (Å²) in [5, 5.41) is 8.42. The van der Waals surface area contributed by atoms with E-state index in [1.807, 2.05) is 7.05 Å². The van der Waals surface area contributed by atoms with Gasteiger partial charge < -0.3 is 20.9 Å². The van der Waals surface area contributed by atoms with Crippen molar-refractivity contribution >= 4 is 23.1 Å². The number of hydrogen-bond acceptors (Lipinski definition) is 9. The minimum Gasteiger partial charge on any atom is -0.338 e. The molecule has 0 saturated carbocycles. The van der Waals surface area contributed by atoms with E-state index in [9.17, 15) is 18.9 Å². The summed E-state index contributed by atoms with van der Waals surface area (Å²) in [6, 6.07) is 0. The lowest BCUT2D eigenvalue weighted by Gasteiger charge is -2.40. The van der Waals surface area contributed by atoms with Gasteiger partial charge in [0, 0.05) is 37.7 Å². The van der Waals surface area contributed by atoms with Crippen LogP contribution in [0.2, 0.25) is 0 Å². The molecule has 1 aromatic heterocycles. The number of nitrogens with zero attached hydrogens (tertiary/aromatic N) is 5. The van der Waals surface area contributed by atoms with Gasteiger partial charge in [0.1, 0.15) is 12.1 Å². The normalized spacial score (nSPS) is 25.4. The van der Waals surface area contributed by atoms with Crippen LogP contribution in [-0.2, 0) is 9.59 Å². The van der Waals surface area contributed by atoms with Crippen molar-refractivity contribution < 1.29 is 18.4 Å². The molecule has 4 rings (SSSR count). The number of nitrogens with one attached hydrogen (secondary N) is 2. The van der Waals surface area contributed by atoms with Crippen molar-refractivity contribution in [2.24, 2.45) is 22.7 Å². The van der Waals surface area contributed by atoms with Gasteiger partial charge in [-0.3, -0.25) is 24.8 Å². The third-order valence-electron chi connectivity index (χ3n) is 7.71. The fraction of sp³-hybridized carbons (Fsp3) is 0.640. The van der Waals surface area contributed by atoms with Crippen LogP contribution in [0.5, 0.6) is 0 Å². The lowest BCUT2D eigenvalue weighted by molar-refractivity contribution is -0.136. The van der Waals surface area contributed by atoms with Crippen molar-refractivity contribution in [1.82, 2.24) is 25.0 Å². The van der Waals surface area contributed by atoms with Crippen molar-refractivity contribution in [2.75, 3.05) is 58.7 Å². The highest BCUT2D eigenvalue weighted by molar-refractivity contribution is 5.96. The molecule has 0 aromatic carbocycles. The summed E-state index contributed by atoms with van der Waals surface area (Å²) in [5.41, 5.74) is 6.84. The van der Waals surface area contributed by atoms with Gasteiger partial charge in [-0.1, -0.05) is 11.3 Å². The van der Waals surface area contributed by atoms with Gasteiger partial charge in [-0.25, -0.2) is 8.78 Å². The Balaban J connectivity index is 1.50. The average Bonchev–Trinajstić information content (AvgIpc) is 2.90. The first kappa shape index (κ1) is 28.1. The molecular weight excluding hydrogens is 498 g/mol. The minimum absolute atomic E-state index is 0.000402. The number of nitroso groups, excluding NO2 is 1. The summed E-state index contributed by atoms with van der Waals surface area (Å²) in [4.78, 5) is 47.1. The van der Waals surface area contributed by atoms with Crippen LogP contribution in [0.15, 0.2) is 23.6 Å². The van der Waals surface area contributed by atoms with Gasteiger partial charge in [-0.05, 0) is 52.0 Å². The lowest BCUT2D eigenvalue weighted by atomic mass is 9.93. The number of hydrogen-bond donors (Lipinski definition) is 3. The molecule has 4 unspecified atom stereocenters. The van der Waals surface area contributed by atoms with E-state index in [0.29, 0.717) is 25.1 Å². The van der Waals surface area contributed by atoms with Crippen LogP contribution in [-0.4, -0.2) is 103 Å². The average molecular weight is 535 g/mol. The van der Waals surface area contributed by atoms with Gasteiger partial charge in [0.25, 0.3) is 0 Å². The van der Waals surface area contributed by atoms with Gasteiger partial charge in [-0.15, -0.1) is 4.91 Å². The second-order valence-corrected chi connectivity index (χ2v) is 10.4. The summed E-state index contributed by atoms with van der Waals surface area (Å²) in [6.07, 6.45) is 2.97. The molecule has 4 atom stereocenters. The van der Waals surface area contributed by atoms with E-state index >= 15 is 4.39 Å². The number of pyridine rings is 1. The van der Waals surface area contributed by atoms with Crippen LogP contribution in [0, 0.1) is 22.6 Å². The summed E-state index contributed by atoms with van der Waals surface area (Å²) in [7, 11) is 3.66. The Labute approximate surface area is 220 Å². The molecule has 0 bridgehead atoms. The van der Waals surface area contributed by atoms with Crippen LogP contribution in [0.1, 0.15) is 24.8 Å². The maximum atomic E-state index is 15.1. The molecule has 3 aliphatic rings. The number of carbonyl (C=O) groups excluding carboxylic acids is 2. The number of rotatable bonds is 7. The lowest BCUT2D eigenvalue weighted by Crippen LogP contribution is -2.62. The van der Waals surface area contributed by atoms with E-state index in [-0.39, 0.29) is 36.2 Å². The molecule has 13 heteroatoms. The third-order valence-corrected chi connectivity index (χ3v) is 7.71. The Hall–Kier alpha value is -2.87. The molecule has 2 fully saturated rings. The van der Waals surface area contributed by atoms with Gasteiger partial charge in [0.05, 0.1) is 24.2 Å². The number of likely N-dealkylation sites (tertiary alicyclic amines) is 1. The standard InChI is InChI=1S/C25H36F2N8O3/c1-33-7-3-16(4-8-33)25(37)35-9-5-15(6-10-35)20-18(27)12-29-13-19(20)31-24(36)21(22(28)32-38)23-30-11-17(26)14-34(23)2/h5,12-13,16-17,21-23,30H,3-4,6-11,14,28H2,1-2H3,(H,31,36). The highest BCUT2D eigenvalue weighted by atomic mass is 19.1. The van der Waals surface area contributed by atoms with E-state index in [1.165, 1.54) is 6.20 Å². The predicted octanol–water partition coefficient (Wildman–Crippen LogP) is 0.983. The molecule has 1 aromatic rings. The fourth-order valence-electron chi connectivity index (χ4n) is 5.53. The third kappa shape index (κ3) is 6.22. The fourth-order valence-corrected chi connectivity index (χ4v) is 5.53. The number of nitrogens with two attached hydrogens (primary N) is 1. The number of aromatic nitrogens is 1. The first-order chi connectivity index (χ1) is 18.2. The molecule has 2 saturated heterocycles. The van der Waals surface area contributed by atoms with Crippen LogP contribution in [0.4, 0.5) is 14.5 Å². The molecular formula is C25H36F2N8O3. The molecule has 0 spiro atoms. The van der Waals surface area contributed by atoms with Gasteiger partial charge in [-0.2, -0.15) is 0 Å². The molecule has 4 N–H and O–H groups in total. The van der Waals surface area contributed by atoms with Crippen molar-refractivity contribution in [1.29, 1.82) is 0 Å². The molecule has 0 aliphatic carbocycles. The highest BCUT2D eigenvalue weighted by Gasteiger charge is 2.40. The van der Waals surface area contributed by atoms with E-state index in [2.05, 4.69) is 25.7 Å². The van der Waals surface area contributed by atoms with E-state index < -0.39 is 36.1 Å². The minimum atomic E-state index is -1.41. The molecule has 4 heterocycles. The molecule has 2 amide bonds. The first-order valence-electron chi connectivity index (χ1n) is 13.0. The summed E-state index contributed by atoms with van der Waals surface area (Å²) < 4.78 is 28.9. The second-order valence-electron chi connectivity index (χ2n) is 10.4. The number of halogens is 2. The van der Waals surface area contributed by atoms with Gasteiger partial charge in [0.2, 0.25) is 11.8 Å². The van der Waals surface area contributed by atoms with Crippen molar-refractivity contribution in [3.05, 3.63) is 34.8 Å². The molecule has 0 radical (unpaired) electrons. The summed E-state index contributed by atoms with van der Waals surface area (Å²) in [5.74, 6) is -2.32. The Morgan fingerprint density at radius 2 is 1.97 bits per heavy atom. The Kier molecular flexibility index (Phi) is 9.13. The zero-order valence-electron chi connectivity index (χ0n) is 21.8. The molecule has 3 aliphatic heterocycles. The highest BCUT2D eigenvalue weighted by Crippen LogP contribution is 2.32. The number of carbonyl (C=O) groups is 2. The van der Waals surface area contributed by atoms with Gasteiger partial charge in [0.15, 0.2) is 12.0 Å². The second kappa shape index (κ2) is 12.3. The number of piperidine rings is 1.